The van der Waals surface area contributed by atoms with E-state index in [2.05, 4.69) is 4.90 Å². The Bertz CT molecular complexity index is 564. The van der Waals surface area contributed by atoms with Gasteiger partial charge in [-0.05, 0) is 45.1 Å². The number of likely N-dealkylation sites (tertiary alicyclic amines) is 1. The summed E-state index contributed by atoms with van der Waals surface area (Å²) in [6.07, 6.45) is 6.85. The highest BCUT2D eigenvalue weighted by molar-refractivity contribution is 7.11. The summed E-state index contributed by atoms with van der Waals surface area (Å²) in [4.78, 5) is 22.2. The fraction of sp³-hybridized carbons (Fsp3) is 0.750. The molecule has 22 heavy (non-hydrogen) atoms. The Morgan fingerprint density at radius 3 is 2.91 bits per heavy atom. The van der Waals surface area contributed by atoms with Crippen molar-refractivity contribution >= 4 is 17.4 Å². The van der Waals surface area contributed by atoms with Crippen molar-refractivity contribution in [3.63, 3.8) is 0 Å². The number of carbonyl (C=O) groups excluding carboxylic acids is 1. The standard InChI is InChI=1S/C16H23N3O2S/c1-18-10-16(21-15(18)20)7-4-8-19(11-16)9-14-17-12-5-2-3-6-13(12)22-14/h2-11H2,1H3/t16-/m0/s1. The SMILES string of the molecule is CN1C[C@]2(CCCN(Cc3nc4c(s3)CCCC4)C2)OC1=O. The number of aromatic nitrogens is 1. The highest BCUT2D eigenvalue weighted by atomic mass is 32.1. The summed E-state index contributed by atoms with van der Waals surface area (Å²) in [5, 5.41) is 1.24. The zero-order valence-corrected chi connectivity index (χ0v) is 14.0. The van der Waals surface area contributed by atoms with E-state index in [1.807, 2.05) is 18.4 Å². The lowest BCUT2D eigenvalue weighted by Gasteiger charge is -2.37. The van der Waals surface area contributed by atoms with Crippen molar-refractivity contribution in [2.75, 3.05) is 26.7 Å². The molecule has 6 heteroatoms. The third kappa shape index (κ3) is 2.63. The number of amides is 1. The minimum Gasteiger partial charge on any atom is -0.440 e. The second-order valence-electron chi connectivity index (χ2n) is 6.91. The minimum absolute atomic E-state index is 0.174. The number of piperidine rings is 1. The van der Waals surface area contributed by atoms with Crippen molar-refractivity contribution < 1.29 is 9.53 Å². The van der Waals surface area contributed by atoms with Crippen LogP contribution >= 0.6 is 11.3 Å². The second kappa shape index (κ2) is 5.49. The molecule has 0 bridgehead atoms. The maximum atomic E-state index is 11.7. The Morgan fingerprint density at radius 1 is 1.27 bits per heavy atom. The van der Waals surface area contributed by atoms with Crippen LogP contribution in [0.25, 0.3) is 0 Å². The maximum Gasteiger partial charge on any atom is 0.410 e. The van der Waals surface area contributed by atoms with Crippen LogP contribution in [0.3, 0.4) is 0 Å². The van der Waals surface area contributed by atoms with Crippen LogP contribution in [0.5, 0.6) is 0 Å². The van der Waals surface area contributed by atoms with Crippen LogP contribution in [-0.4, -0.2) is 53.2 Å². The van der Waals surface area contributed by atoms with Crippen molar-refractivity contribution in [1.82, 2.24) is 14.8 Å². The molecule has 3 heterocycles. The Morgan fingerprint density at radius 2 is 2.14 bits per heavy atom. The molecule has 1 amide bonds. The Labute approximate surface area is 135 Å². The Balaban J connectivity index is 1.45. The number of hydrogen-bond donors (Lipinski definition) is 0. The zero-order valence-electron chi connectivity index (χ0n) is 13.1. The van der Waals surface area contributed by atoms with E-state index in [1.54, 1.807) is 4.90 Å². The first-order valence-electron chi connectivity index (χ1n) is 8.27. The molecule has 1 aliphatic carbocycles. The quantitative estimate of drug-likeness (QED) is 0.839. The predicted octanol–water partition coefficient (Wildman–Crippen LogP) is 2.44. The first-order valence-corrected chi connectivity index (χ1v) is 9.09. The lowest BCUT2D eigenvalue weighted by molar-refractivity contribution is -0.0113. The topological polar surface area (TPSA) is 45.7 Å². The first kappa shape index (κ1) is 14.5. The molecule has 1 aromatic rings. The maximum absolute atomic E-state index is 11.7. The molecule has 0 aromatic carbocycles. The van der Waals surface area contributed by atoms with Gasteiger partial charge in [0.1, 0.15) is 10.6 Å². The molecule has 0 unspecified atom stereocenters. The molecule has 0 N–H and O–H groups in total. The van der Waals surface area contributed by atoms with Gasteiger partial charge in [0.25, 0.3) is 0 Å². The smallest absolute Gasteiger partial charge is 0.410 e. The van der Waals surface area contributed by atoms with Crippen LogP contribution < -0.4 is 0 Å². The summed E-state index contributed by atoms with van der Waals surface area (Å²) in [7, 11) is 1.82. The average molecular weight is 321 g/mol. The zero-order chi connectivity index (χ0) is 15.2. The van der Waals surface area contributed by atoms with E-state index < -0.39 is 0 Å². The molecule has 2 aliphatic heterocycles. The van der Waals surface area contributed by atoms with E-state index in [-0.39, 0.29) is 11.7 Å². The van der Waals surface area contributed by atoms with Gasteiger partial charge in [0.15, 0.2) is 0 Å². The number of ether oxygens (including phenoxy) is 1. The van der Waals surface area contributed by atoms with Gasteiger partial charge in [-0.1, -0.05) is 0 Å². The number of hydrogen-bond acceptors (Lipinski definition) is 5. The summed E-state index contributed by atoms with van der Waals surface area (Å²) in [6, 6.07) is 0. The summed E-state index contributed by atoms with van der Waals surface area (Å²) < 4.78 is 5.68. The summed E-state index contributed by atoms with van der Waals surface area (Å²) >= 11 is 1.89. The largest absolute Gasteiger partial charge is 0.440 e. The minimum atomic E-state index is -0.291. The van der Waals surface area contributed by atoms with E-state index in [4.69, 9.17) is 9.72 Å². The van der Waals surface area contributed by atoms with Gasteiger partial charge >= 0.3 is 6.09 Å². The van der Waals surface area contributed by atoms with Gasteiger partial charge in [0.2, 0.25) is 0 Å². The van der Waals surface area contributed by atoms with E-state index in [0.717, 1.165) is 45.4 Å². The van der Waals surface area contributed by atoms with Crippen molar-refractivity contribution in [3.05, 3.63) is 15.6 Å². The average Bonchev–Trinajstić information content (AvgIpc) is 3.00. The van der Waals surface area contributed by atoms with Crippen LogP contribution in [0.4, 0.5) is 4.79 Å². The lowest BCUT2D eigenvalue weighted by atomic mass is 9.93. The molecular weight excluding hydrogens is 298 g/mol. The number of thiazole rings is 1. The third-order valence-corrected chi connectivity index (χ3v) is 6.15. The molecule has 2 fully saturated rings. The van der Waals surface area contributed by atoms with Crippen LogP contribution in [0.15, 0.2) is 0 Å². The highest BCUT2D eigenvalue weighted by Crippen LogP contribution is 2.33. The molecule has 5 nitrogen and oxygen atoms in total. The van der Waals surface area contributed by atoms with Gasteiger partial charge in [-0.25, -0.2) is 9.78 Å². The monoisotopic (exact) mass is 321 g/mol. The molecular formula is C16H23N3O2S. The first-order chi connectivity index (χ1) is 10.6. The Hall–Kier alpha value is -1.14. The van der Waals surface area contributed by atoms with Crippen LogP contribution in [0, 0.1) is 0 Å². The van der Waals surface area contributed by atoms with Gasteiger partial charge in [-0.2, -0.15) is 0 Å². The highest BCUT2D eigenvalue weighted by Gasteiger charge is 2.46. The van der Waals surface area contributed by atoms with Crippen molar-refractivity contribution in [1.29, 1.82) is 0 Å². The number of likely N-dealkylation sites (N-methyl/N-ethyl adjacent to an activating group) is 1. The number of fused-ring (bicyclic) bond motifs is 1. The normalized spacial score (nSPS) is 29.0. The molecule has 3 aliphatic rings. The van der Waals surface area contributed by atoms with E-state index >= 15 is 0 Å². The lowest BCUT2D eigenvalue weighted by Crippen LogP contribution is -2.50. The Kier molecular flexibility index (Phi) is 3.61. The molecule has 1 spiro atoms. The molecule has 0 saturated carbocycles. The number of aryl methyl sites for hydroxylation is 2. The number of rotatable bonds is 2. The molecule has 0 radical (unpaired) electrons. The molecule has 1 atom stereocenters. The molecule has 2 saturated heterocycles. The number of carbonyl (C=O) groups is 1. The van der Waals surface area contributed by atoms with Gasteiger partial charge in [-0.3, -0.25) is 4.90 Å². The third-order valence-electron chi connectivity index (χ3n) is 5.01. The van der Waals surface area contributed by atoms with E-state index in [0.29, 0.717) is 0 Å². The summed E-state index contributed by atoms with van der Waals surface area (Å²) in [6.45, 7) is 3.54. The molecule has 1 aromatic heterocycles. The van der Waals surface area contributed by atoms with E-state index in [9.17, 15) is 4.79 Å². The van der Waals surface area contributed by atoms with Crippen molar-refractivity contribution in [2.45, 2.75) is 50.7 Å². The predicted molar refractivity (Wildman–Crippen MR) is 85.1 cm³/mol. The van der Waals surface area contributed by atoms with Gasteiger partial charge in [0, 0.05) is 18.5 Å². The van der Waals surface area contributed by atoms with Gasteiger partial charge in [0.05, 0.1) is 18.8 Å². The summed E-state index contributed by atoms with van der Waals surface area (Å²) in [5.41, 5.74) is 1.05. The van der Waals surface area contributed by atoms with Gasteiger partial charge in [-0.15, -0.1) is 11.3 Å². The van der Waals surface area contributed by atoms with Crippen LogP contribution in [0.2, 0.25) is 0 Å². The fourth-order valence-electron chi connectivity index (χ4n) is 3.99. The van der Waals surface area contributed by atoms with Gasteiger partial charge < -0.3 is 9.64 Å². The molecule has 120 valence electrons. The van der Waals surface area contributed by atoms with Crippen molar-refractivity contribution in [2.24, 2.45) is 0 Å². The number of nitrogens with zero attached hydrogens (tertiary/aromatic N) is 3. The van der Waals surface area contributed by atoms with Crippen LogP contribution in [-0.2, 0) is 24.1 Å². The molecule has 4 rings (SSSR count). The van der Waals surface area contributed by atoms with Crippen LogP contribution in [0.1, 0.15) is 41.3 Å². The second-order valence-corrected chi connectivity index (χ2v) is 8.07. The summed E-state index contributed by atoms with van der Waals surface area (Å²) in [5.74, 6) is 0. The van der Waals surface area contributed by atoms with E-state index in [1.165, 1.54) is 34.8 Å². The fourth-order valence-corrected chi connectivity index (χ4v) is 5.19. The van der Waals surface area contributed by atoms with Crippen molar-refractivity contribution in [3.8, 4) is 0 Å².